The average Bonchev–Trinajstić information content (AvgIpc) is 2.90. The first-order valence-electron chi connectivity index (χ1n) is 8.74. The molecular formula is C18H23F3N4O2S. The number of alkyl halides is 3. The van der Waals surface area contributed by atoms with Gasteiger partial charge in [-0.1, -0.05) is 11.8 Å². The van der Waals surface area contributed by atoms with E-state index >= 15 is 0 Å². The molecule has 1 aromatic heterocycles. The van der Waals surface area contributed by atoms with Crippen LogP contribution in [0.5, 0.6) is 0 Å². The minimum absolute atomic E-state index is 0.144. The Kier molecular flexibility index (Phi) is 7.11. The monoisotopic (exact) mass is 416 g/mol. The van der Waals surface area contributed by atoms with Gasteiger partial charge >= 0.3 is 6.18 Å². The van der Waals surface area contributed by atoms with Crippen LogP contribution in [0.25, 0.3) is 0 Å². The largest absolute Gasteiger partial charge is 0.401 e. The molecule has 0 aromatic carbocycles. The van der Waals surface area contributed by atoms with Gasteiger partial charge in [-0.3, -0.25) is 19.6 Å². The summed E-state index contributed by atoms with van der Waals surface area (Å²) in [6.45, 7) is 4.86. The molecule has 2 heterocycles. The van der Waals surface area contributed by atoms with Crippen LogP contribution in [-0.2, 0) is 9.59 Å². The third kappa shape index (κ3) is 5.05. The van der Waals surface area contributed by atoms with Crippen molar-refractivity contribution in [3.8, 4) is 0 Å². The quantitative estimate of drug-likeness (QED) is 0.708. The Morgan fingerprint density at radius 1 is 1.39 bits per heavy atom. The van der Waals surface area contributed by atoms with Crippen molar-refractivity contribution in [3.05, 3.63) is 36.4 Å². The summed E-state index contributed by atoms with van der Waals surface area (Å²) in [6, 6.07) is 3.39. The molecule has 0 N–H and O–H groups in total. The van der Waals surface area contributed by atoms with Gasteiger partial charge in [-0.2, -0.15) is 13.2 Å². The zero-order valence-corrected chi connectivity index (χ0v) is 16.9. The summed E-state index contributed by atoms with van der Waals surface area (Å²) in [4.78, 5) is 29.3. The Labute approximate surface area is 166 Å². The van der Waals surface area contributed by atoms with E-state index in [1.54, 1.807) is 36.6 Å². The number of nitrogens with zero attached hydrogens (tertiary/aromatic N) is 4. The number of anilines is 1. The highest BCUT2D eigenvalue weighted by Crippen LogP contribution is 2.35. The zero-order chi connectivity index (χ0) is 21.1. The number of amides is 1. The Hall–Kier alpha value is -2.07. The number of rotatable bonds is 6. The van der Waals surface area contributed by atoms with Crippen LogP contribution in [0.15, 0.2) is 36.4 Å². The van der Waals surface area contributed by atoms with Crippen molar-refractivity contribution >= 4 is 28.5 Å². The normalized spacial score (nSPS) is 18.8. The smallest absolute Gasteiger partial charge is 0.313 e. The number of aromatic nitrogens is 1. The van der Waals surface area contributed by atoms with E-state index in [0.717, 1.165) is 12.6 Å². The molecule has 0 saturated heterocycles. The van der Waals surface area contributed by atoms with E-state index in [4.69, 9.17) is 0 Å². The molecule has 0 spiro atoms. The van der Waals surface area contributed by atoms with E-state index in [-0.39, 0.29) is 24.3 Å². The predicted octanol–water partition coefficient (Wildman–Crippen LogP) is 3.43. The second-order valence-corrected chi connectivity index (χ2v) is 7.72. The van der Waals surface area contributed by atoms with Crippen LogP contribution in [0, 0.1) is 0 Å². The minimum atomic E-state index is -4.64. The van der Waals surface area contributed by atoms with Gasteiger partial charge in [0.25, 0.3) is 0 Å². The van der Waals surface area contributed by atoms with Crippen molar-refractivity contribution in [3.63, 3.8) is 0 Å². The van der Waals surface area contributed by atoms with Crippen molar-refractivity contribution < 1.29 is 22.8 Å². The lowest BCUT2D eigenvalue weighted by Crippen LogP contribution is -2.42. The fraction of sp³-hybridized carbons (Fsp3) is 0.500. The molecule has 6 nitrogen and oxygen atoms in total. The maximum atomic E-state index is 13.2. The fourth-order valence-electron chi connectivity index (χ4n) is 2.94. The summed E-state index contributed by atoms with van der Waals surface area (Å²) in [6.07, 6.45) is -0.408. The van der Waals surface area contributed by atoms with Gasteiger partial charge in [-0.25, -0.2) is 5.01 Å². The average molecular weight is 416 g/mol. The number of carbonyl (C=O) groups is 2. The predicted molar refractivity (Wildman–Crippen MR) is 102 cm³/mol. The highest BCUT2D eigenvalue weighted by molar-refractivity contribution is 8.14. The molecule has 0 bridgehead atoms. The van der Waals surface area contributed by atoms with Gasteiger partial charge in [0, 0.05) is 39.3 Å². The number of thioether (sulfide) groups is 1. The number of likely N-dealkylation sites (N-methyl/N-ethyl adjacent to an activating group) is 2. The lowest BCUT2D eigenvalue weighted by atomic mass is 10.2. The molecule has 2 rings (SSSR count). The van der Waals surface area contributed by atoms with Gasteiger partial charge in [0.2, 0.25) is 5.91 Å². The molecule has 1 amide bonds. The number of hydrogen-bond acceptors (Lipinski definition) is 6. The van der Waals surface area contributed by atoms with E-state index in [2.05, 4.69) is 4.98 Å². The summed E-state index contributed by atoms with van der Waals surface area (Å²) in [7, 11) is 1.82. The fourth-order valence-corrected chi connectivity index (χ4v) is 3.70. The van der Waals surface area contributed by atoms with E-state index in [0.29, 0.717) is 5.70 Å². The van der Waals surface area contributed by atoms with Crippen LogP contribution in [0.3, 0.4) is 0 Å². The Balaban J connectivity index is 2.25. The van der Waals surface area contributed by atoms with Crippen LogP contribution >= 0.6 is 11.8 Å². The van der Waals surface area contributed by atoms with E-state index in [9.17, 15) is 22.8 Å². The SMILES string of the molecule is CCN(C(=O)CC(SC(C)=O)C(F)(F)F)C1=CN(c2cccnc2)N(C)C1C. The van der Waals surface area contributed by atoms with Gasteiger partial charge in [0.05, 0.1) is 23.6 Å². The molecule has 1 aliphatic heterocycles. The number of hydrazine groups is 1. The Morgan fingerprint density at radius 2 is 2.07 bits per heavy atom. The molecule has 10 heteroatoms. The molecule has 154 valence electrons. The van der Waals surface area contributed by atoms with E-state index in [1.165, 1.54) is 4.90 Å². The summed E-state index contributed by atoms with van der Waals surface area (Å²) in [5, 5.41) is 0.938. The minimum Gasteiger partial charge on any atom is -0.313 e. The Morgan fingerprint density at radius 3 is 2.57 bits per heavy atom. The summed E-state index contributed by atoms with van der Waals surface area (Å²) >= 11 is 0.144. The molecule has 0 radical (unpaired) electrons. The summed E-state index contributed by atoms with van der Waals surface area (Å²) < 4.78 is 39.7. The van der Waals surface area contributed by atoms with Gasteiger partial charge in [-0.15, -0.1) is 0 Å². The van der Waals surface area contributed by atoms with E-state index in [1.807, 2.05) is 25.0 Å². The summed E-state index contributed by atoms with van der Waals surface area (Å²) in [5.41, 5.74) is 1.36. The molecule has 2 atom stereocenters. The van der Waals surface area contributed by atoms with Crippen LogP contribution in [0.4, 0.5) is 18.9 Å². The maximum absolute atomic E-state index is 13.2. The topological polar surface area (TPSA) is 56.8 Å². The van der Waals surface area contributed by atoms with Crippen molar-refractivity contribution in [2.75, 3.05) is 18.6 Å². The first-order chi connectivity index (χ1) is 13.1. The van der Waals surface area contributed by atoms with Crippen molar-refractivity contribution in [2.24, 2.45) is 0 Å². The molecule has 28 heavy (non-hydrogen) atoms. The van der Waals surface area contributed by atoms with Crippen LogP contribution in [0.1, 0.15) is 27.2 Å². The van der Waals surface area contributed by atoms with Gasteiger partial charge in [0.1, 0.15) is 5.25 Å². The third-order valence-corrected chi connectivity index (χ3v) is 5.51. The molecule has 0 fully saturated rings. The van der Waals surface area contributed by atoms with Crippen molar-refractivity contribution in [1.82, 2.24) is 14.9 Å². The number of carbonyl (C=O) groups excluding carboxylic acids is 2. The summed E-state index contributed by atoms with van der Waals surface area (Å²) in [5.74, 6) is -0.668. The second kappa shape index (κ2) is 8.95. The van der Waals surface area contributed by atoms with Gasteiger partial charge in [-0.05, 0) is 26.0 Å². The molecule has 2 unspecified atom stereocenters. The molecule has 0 aliphatic carbocycles. The van der Waals surface area contributed by atoms with E-state index < -0.39 is 28.9 Å². The van der Waals surface area contributed by atoms with Gasteiger partial charge in [0.15, 0.2) is 5.12 Å². The van der Waals surface area contributed by atoms with Crippen LogP contribution in [-0.4, -0.2) is 57.0 Å². The lowest BCUT2D eigenvalue weighted by molar-refractivity contribution is -0.144. The molecule has 1 aliphatic rings. The standard InChI is InChI=1S/C18H23F3N4O2S/c1-5-24(17(27)9-16(18(19,20)21)28-13(3)26)15-11-25(23(4)12(15)2)14-7-6-8-22-10-14/h6-8,10-12,16H,5,9H2,1-4H3. The maximum Gasteiger partial charge on any atom is 0.401 e. The highest BCUT2D eigenvalue weighted by Gasteiger charge is 2.44. The molecule has 1 aromatic rings. The second-order valence-electron chi connectivity index (χ2n) is 6.34. The number of pyridine rings is 1. The van der Waals surface area contributed by atoms with Gasteiger partial charge < -0.3 is 4.90 Å². The first kappa shape index (κ1) is 22.2. The molecule has 0 saturated carbocycles. The third-order valence-electron chi connectivity index (χ3n) is 4.46. The highest BCUT2D eigenvalue weighted by atomic mass is 32.2. The first-order valence-corrected chi connectivity index (χ1v) is 9.62. The van der Waals surface area contributed by atoms with Crippen molar-refractivity contribution in [2.45, 2.75) is 44.7 Å². The van der Waals surface area contributed by atoms with Crippen molar-refractivity contribution in [1.29, 1.82) is 0 Å². The Bertz CT molecular complexity index is 742. The molecular weight excluding hydrogens is 393 g/mol. The lowest BCUT2D eigenvalue weighted by Gasteiger charge is -2.30. The number of halogens is 3. The zero-order valence-electron chi connectivity index (χ0n) is 16.1. The van der Waals surface area contributed by atoms with Crippen LogP contribution < -0.4 is 5.01 Å². The van der Waals surface area contributed by atoms with Crippen LogP contribution in [0.2, 0.25) is 0 Å². The number of hydrogen-bond donors (Lipinski definition) is 0.